The van der Waals surface area contributed by atoms with E-state index in [2.05, 4.69) is 11.3 Å². The predicted molar refractivity (Wildman–Crippen MR) is 85.2 cm³/mol. The zero-order valence-electron chi connectivity index (χ0n) is 12.1. The lowest BCUT2D eigenvalue weighted by molar-refractivity contribution is -0.274. The third-order valence-electron chi connectivity index (χ3n) is 3.53. The minimum atomic E-state index is -4.68. The Morgan fingerprint density at radius 1 is 0.783 bits per heavy atom. The first kappa shape index (κ1) is 15.2. The molecule has 23 heavy (non-hydrogen) atoms. The maximum absolute atomic E-state index is 12.2. The highest BCUT2D eigenvalue weighted by molar-refractivity contribution is 5.88. The summed E-state index contributed by atoms with van der Waals surface area (Å²) < 4.78 is 40.4. The first-order valence-electron chi connectivity index (χ1n) is 6.97. The van der Waals surface area contributed by atoms with E-state index in [0.29, 0.717) is 0 Å². The third kappa shape index (κ3) is 3.54. The van der Waals surface area contributed by atoms with Crippen LogP contribution in [0.15, 0.2) is 73.3 Å². The second kappa shape index (κ2) is 5.80. The fourth-order valence-corrected chi connectivity index (χ4v) is 2.40. The fourth-order valence-electron chi connectivity index (χ4n) is 2.40. The highest BCUT2D eigenvalue weighted by Gasteiger charge is 2.30. The topological polar surface area (TPSA) is 9.23 Å². The van der Waals surface area contributed by atoms with Gasteiger partial charge in [-0.1, -0.05) is 55.1 Å². The Bertz CT molecular complexity index is 848. The summed E-state index contributed by atoms with van der Waals surface area (Å²) >= 11 is 0. The molecule has 4 heteroatoms. The molecule has 1 nitrogen and oxygen atoms in total. The van der Waals surface area contributed by atoms with Crippen molar-refractivity contribution in [2.24, 2.45) is 0 Å². The number of alkyl halides is 3. The van der Waals surface area contributed by atoms with Gasteiger partial charge in [0.2, 0.25) is 0 Å². The molecule has 0 aromatic heterocycles. The van der Waals surface area contributed by atoms with Crippen LogP contribution in [-0.2, 0) is 0 Å². The van der Waals surface area contributed by atoms with Crippen molar-refractivity contribution in [3.05, 3.63) is 84.4 Å². The summed E-state index contributed by atoms with van der Waals surface area (Å²) in [4.78, 5) is 0. The van der Waals surface area contributed by atoms with Gasteiger partial charge in [-0.2, -0.15) is 0 Å². The molecule has 0 N–H and O–H groups in total. The van der Waals surface area contributed by atoms with E-state index in [-0.39, 0.29) is 5.75 Å². The average molecular weight is 314 g/mol. The highest BCUT2D eigenvalue weighted by Crippen LogP contribution is 2.28. The minimum absolute atomic E-state index is 0.243. The van der Waals surface area contributed by atoms with Crippen LogP contribution in [0.4, 0.5) is 13.2 Å². The van der Waals surface area contributed by atoms with Crippen molar-refractivity contribution in [3.8, 4) is 5.75 Å². The van der Waals surface area contributed by atoms with Crippen LogP contribution in [-0.4, -0.2) is 6.36 Å². The van der Waals surface area contributed by atoms with Crippen molar-refractivity contribution in [2.45, 2.75) is 6.36 Å². The van der Waals surface area contributed by atoms with Gasteiger partial charge in [0.1, 0.15) is 5.75 Å². The van der Waals surface area contributed by atoms with Crippen LogP contribution < -0.4 is 4.74 Å². The van der Waals surface area contributed by atoms with E-state index in [9.17, 15) is 13.2 Å². The Morgan fingerprint density at radius 2 is 1.39 bits per heavy atom. The summed E-state index contributed by atoms with van der Waals surface area (Å²) in [6.07, 6.45) is -4.68. The van der Waals surface area contributed by atoms with Crippen molar-refractivity contribution in [1.82, 2.24) is 0 Å². The lowest BCUT2D eigenvalue weighted by atomic mass is 9.97. The number of halogens is 3. The predicted octanol–water partition coefficient (Wildman–Crippen LogP) is 5.80. The minimum Gasteiger partial charge on any atom is -0.406 e. The van der Waals surface area contributed by atoms with Gasteiger partial charge in [0, 0.05) is 0 Å². The normalized spacial score (nSPS) is 11.4. The highest BCUT2D eigenvalue weighted by atomic mass is 19.4. The molecule has 0 radical (unpaired) electrons. The van der Waals surface area contributed by atoms with Gasteiger partial charge in [-0.3, -0.25) is 0 Å². The van der Waals surface area contributed by atoms with Gasteiger partial charge in [0.05, 0.1) is 0 Å². The molecule has 0 aliphatic rings. The van der Waals surface area contributed by atoms with Crippen LogP contribution >= 0.6 is 0 Å². The van der Waals surface area contributed by atoms with E-state index in [0.717, 1.165) is 27.5 Å². The van der Waals surface area contributed by atoms with Crippen LogP contribution in [0.3, 0.4) is 0 Å². The molecule has 0 spiro atoms. The molecule has 3 aromatic carbocycles. The molecule has 3 aromatic rings. The van der Waals surface area contributed by atoms with E-state index in [1.807, 2.05) is 42.5 Å². The number of fused-ring (bicyclic) bond motifs is 1. The largest absolute Gasteiger partial charge is 0.573 e. The molecular formula is C19H13F3O. The van der Waals surface area contributed by atoms with Gasteiger partial charge >= 0.3 is 6.36 Å². The molecule has 0 unspecified atom stereocenters. The molecule has 0 atom stereocenters. The molecule has 116 valence electrons. The number of rotatable bonds is 3. The first-order chi connectivity index (χ1) is 10.9. The molecule has 0 fully saturated rings. The van der Waals surface area contributed by atoms with Crippen LogP contribution in [0.5, 0.6) is 5.75 Å². The molecule has 0 aliphatic carbocycles. The number of benzene rings is 3. The number of hydrogen-bond donors (Lipinski definition) is 0. The van der Waals surface area contributed by atoms with Crippen molar-refractivity contribution >= 4 is 16.3 Å². The van der Waals surface area contributed by atoms with Gasteiger partial charge in [-0.25, -0.2) is 0 Å². The van der Waals surface area contributed by atoms with Crippen molar-refractivity contribution < 1.29 is 17.9 Å². The zero-order chi connectivity index (χ0) is 16.4. The smallest absolute Gasteiger partial charge is 0.406 e. The van der Waals surface area contributed by atoms with Crippen molar-refractivity contribution in [2.75, 3.05) is 0 Å². The Kier molecular flexibility index (Phi) is 3.82. The van der Waals surface area contributed by atoms with Gasteiger partial charge in [-0.05, 0) is 45.7 Å². The van der Waals surface area contributed by atoms with Crippen molar-refractivity contribution in [1.29, 1.82) is 0 Å². The van der Waals surface area contributed by atoms with Gasteiger partial charge in [0.15, 0.2) is 0 Å². The second-order valence-corrected chi connectivity index (χ2v) is 5.11. The van der Waals surface area contributed by atoms with E-state index in [1.54, 1.807) is 12.1 Å². The molecule has 0 aliphatic heterocycles. The van der Waals surface area contributed by atoms with Crippen LogP contribution in [0.25, 0.3) is 16.3 Å². The summed E-state index contributed by atoms with van der Waals surface area (Å²) in [6.45, 7) is 4.04. The fraction of sp³-hybridized carbons (Fsp3) is 0.0526. The summed E-state index contributed by atoms with van der Waals surface area (Å²) in [5.74, 6) is -0.243. The first-order valence-corrected chi connectivity index (χ1v) is 6.97. The molecule has 0 saturated heterocycles. The van der Waals surface area contributed by atoms with Gasteiger partial charge in [0.25, 0.3) is 0 Å². The van der Waals surface area contributed by atoms with Crippen LogP contribution in [0.2, 0.25) is 0 Å². The van der Waals surface area contributed by atoms with Crippen LogP contribution in [0.1, 0.15) is 11.1 Å². The average Bonchev–Trinajstić information content (AvgIpc) is 2.53. The van der Waals surface area contributed by atoms with E-state index in [1.165, 1.54) is 12.1 Å². The quantitative estimate of drug-likeness (QED) is 0.593. The zero-order valence-corrected chi connectivity index (χ0v) is 12.1. The second-order valence-electron chi connectivity index (χ2n) is 5.11. The summed E-state index contributed by atoms with van der Waals surface area (Å²) in [5, 5.41) is 2.21. The molecule has 0 bridgehead atoms. The van der Waals surface area contributed by atoms with Gasteiger partial charge < -0.3 is 4.74 Å². The Morgan fingerprint density at radius 3 is 2.04 bits per heavy atom. The van der Waals surface area contributed by atoms with Crippen LogP contribution in [0, 0.1) is 0 Å². The Labute approximate surface area is 131 Å². The Hall–Kier alpha value is -2.75. The third-order valence-corrected chi connectivity index (χ3v) is 3.53. The summed E-state index contributed by atoms with van der Waals surface area (Å²) in [7, 11) is 0. The molecule has 0 saturated carbocycles. The van der Waals surface area contributed by atoms with Gasteiger partial charge in [-0.15, -0.1) is 13.2 Å². The summed E-state index contributed by atoms with van der Waals surface area (Å²) in [5.41, 5.74) is 2.41. The molecule has 0 amide bonds. The molecule has 0 heterocycles. The monoisotopic (exact) mass is 314 g/mol. The summed E-state index contributed by atoms with van der Waals surface area (Å²) in [6, 6.07) is 19.6. The maximum Gasteiger partial charge on any atom is 0.573 e. The SMILES string of the molecule is C=C(c1ccc(OC(F)(F)F)cc1)c1ccc2ccccc2c1. The lowest BCUT2D eigenvalue weighted by Crippen LogP contribution is -2.16. The lowest BCUT2D eigenvalue weighted by Gasteiger charge is -2.11. The van der Waals surface area contributed by atoms with E-state index in [4.69, 9.17) is 0 Å². The number of hydrogen-bond acceptors (Lipinski definition) is 1. The van der Waals surface area contributed by atoms with Crippen molar-refractivity contribution in [3.63, 3.8) is 0 Å². The van der Waals surface area contributed by atoms with E-state index < -0.39 is 6.36 Å². The Balaban J connectivity index is 1.86. The number of ether oxygens (including phenoxy) is 1. The van der Waals surface area contributed by atoms with E-state index >= 15 is 0 Å². The molecule has 3 rings (SSSR count). The maximum atomic E-state index is 12.2. The molecular weight excluding hydrogens is 301 g/mol. The standard InChI is InChI=1S/C19H13F3O/c1-13(14-8-10-18(11-9-14)23-19(20,21)22)16-7-6-15-4-2-3-5-17(15)12-16/h2-12H,1H2.